The first-order valence-corrected chi connectivity index (χ1v) is 11.9. The van der Waals surface area contributed by atoms with E-state index in [-0.39, 0.29) is 17.2 Å². The van der Waals surface area contributed by atoms with E-state index in [0.717, 1.165) is 61.1 Å². The zero-order valence-electron chi connectivity index (χ0n) is 20.2. The molecule has 7 nitrogen and oxygen atoms in total. The van der Waals surface area contributed by atoms with Gasteiger partial charge in [0.1, 0.15) is 11.6 Å². The maximum absolute atomic E-state index is 13.6. The maximum atomic E-state index is 13.6. The second-order valence-corrected chi connectivity index (χ2v) is 10.1. The summed E-state index contributed by atoms with van der Waals surface area (Å²) >= 11 is 0. The number of ether oxygens (including phenoxy) is 2. The average Bonchev–Trinajstić information content (AvgIpc) is 3.42. The van der Waals surface area contributed by atoms with E-state index in [1.54, 1.807) is 25.6 Å². The second kappa shape index (κ2) is 8.09. The van der Waals surface area contributed by atoms with E-state index in [0.29, 0.717) is 0 Å². The Morgan fingerprint density at radius 1 is 1.17 bits per heavy atom. The molecule has 0 bridgehead atoms. The molecule has 2 saturated heterocycles. The largest absolute Gasteiger partial charge is 0.495 e. The van der Waals surface area contributed by atoms with Gasteiger partial charge in [-0.25, -0.2) is 9.37 Å². The minimum atomic E-state index is -0.773. The van der Waals surface area contributed by atoms with E-state index in [1.807, 2.05) is 24.6 Å². The highest BCUT2D eigenvalue weighted by molar-refractivity contribution is 5.87. The Bertz CT molecular complexity index is 1280. The van der Waals surface area contributed by atoms with Gasteiger partial charge in [-0.1, -0.05) is 23.4 Å². The summed E-state index contributed by atoms with van der Waals surface area (Å²) in [5.74, 6) is 1.65. The molecule has 0 N–H and O–H groups in total. The Balaban J connectivity index is 1.30. The predicted octanol–water partition coefficient (Wildman–Crippen LogP) is 4.43. The molecular weight excluding hydrogens is 447 g/mol. The van der Waals surface area contributed by atoms with Crippen LogP contribution in [0.25, 0.3) is 5.69 Å². The topological polar surface area (TPSA) is 61.1 Å². The number of piperidine rings is 1. The fourth-order valence-electron chi connectivity index (χ4n) is 5.62. The van der Waals surface area contributed by atoms with Crippen LogP contribution in [0, 0.1) is 24.1 Å². The van der Waals surface area contributed by atoms with Gasteiger partial charge in [0, 0.05) is 36.6 Å². The molecule has 2 atom stereocenters. The Kier molecular flexibility index (Phi) is 5.11. The summed E-state index contributed by atoms with van der Waals surface area (Å²) in [5, 5.41) is 4.59. The molecular formula is C27H29FN4O3. The standard InChI is InChI=1S/C27H29FN4O3/c1-18-13-31(17-29-18)23-9-4-19(11-24(23)33-3)10-20-12-27(15-34-16-27)14-32-25(20)30-35-26(32,2)21-5-7-22(28)8-6-21/h4-9,11,13,17,20H,10,12,14-16H2,1-3H3. The molecule has 6 rings (SSSR count). The van der Waals surface area contributed by atoms with Crippen LogP contribution in [0.1, 0.15) is 30.2 Å². The number of halogens is 1. The monoisotopic (exact) mass is 476 g/mol. The number of oxime groups is 1. The zero-order valence-corrected chi connectivity index (χ0v) is 20.2. The predicted molar refractivity (Wildman–Crippen MR) is 129 cm³/mol. The SMILES string of the molecule is COc1cc(CC2CC3(COC3)CN3C2=NOC3(C)c2ccc(F)cc2)ccc1-n1cnc(C)c1. The van der Waals surface area contributed by atoms with E-state index >= 15 is 0 Å². The first-order chi connectivity index (χ1) is 16.9. The molecule has 2 aromatic carbocycles. The lowest BCUT2D eigenvalue weighted by molar-refractivity contribution is -0.169. The zero-order chi connectivity index (χ0) is 24.2. The summed E-state index contributed by atoms with van der Waals surface area (Å²) in [6.07, 6.45) is 5.57. The first-order valence-electron chi connectivity index (χ1n) is 11.9. The minimum Gasteiger partial charge on any atom is -0.495 e. The van der Waals surface area contributed by atoms with Crippen molar-refractivity contribution in [2.75, 3.05) is 26.9 Å². The summed E-state index contributed by atoms with van der Waals surface area (Å²) in [6.45, 7) is 6.25. The number of imidazole rings is 1. The van der Waals surface area contributed by atoms with Crippen molar-refractivity contribution in [3.8, 4) is 11.4 Å². The van der Waals surface area contributed by atoms with Crippen molar-refractivity contribution >= 4 is 5.84 Å². The Labute approximate surface area is 204 Å². The lowest BCUT2D eigenvalue weighted by Gasteiger charge is -2.52. The number of methoxy groups -OCH3 is 1. The Morgan fingerprint density at radius 2 is 1.97 bits per heavy atom. The summed E-state index contributed by atoms with van der Waals surface area (Å²) < 4.78 is 27.0. The molecule has 0 radical (unpaired) electrons. The van der Waals surface area contributed by atoms with Crippen molar-refractivity contribution in [3.63, 3.8) is 0 Å². The number of nitrogens with zero attached hydrogens (tertiary/aromatic N) is 4. The molecule has 35 heavy (non-hydrogen) atoms. The van der Waals surface area contributed by atoms with Gasteiger partial charge in [0.2, 0.25) is 5.72 Å². The van der Waals surface area contributed by atoms with E-state index in [9.17, 15) is 4.39 Å². The highest BCUT2D eigenvalue weighted by atomic mass is 19.1. The van der Waals surface area contributed by atoms with E-state index in [4.69, 9.17) is 14.3 Å². The molecule has 3 aliphatic heterocycles. The number of amidine groups is 1. The van der Waals surface area contributed by atoms with Crippen LogP contribution in [0.15, 0.2) is 60.1 Å². The molecule has 182 valence electrons. The summed E-state index contributed by atoms with van der Waals surface area (Å²) in [6, 6.07) is 12.8. The van der Waals surface area contributed by atoms with Crippen LogP contribution in [-0.4, -0.2) is 47.2 Å². The summed E-state index contributed by atoms with van der Waals surface area (Å²) in [5.41, 5.74) is 3.26. The maximum Gasteiger partial charge on any atom is 0.234 e. The van der Waals surface area contributed by atoms with Gasteiger partial charge in [-0.2, -0.15) is 0 Å². The summed E-state index contributed by atoms with van der Waals surface area (Å²) in [7, 11) is 1.69. The third kappa shape index (κ3) is 3.67. The minimum absolute atomic E-state index is 0.0665. The van der Waals surface area contributed by atoms with E-state index < -0.39 is 5.72 Å². The van der Waals surface area contributed by atoms with Gasteiger partial charge >= 0.3 is 0 Å². The van der Waals surface area contributed by atoms with Gasteiger partial charge in [0.05, 0.1) is 38.0 Å². The lowest BCUT2D eigenvalue weighted by Crippen LogP contribution is -2.62. The highest BCUT2D eigenvalue weighted by Crippen LogP contribution is 2.48. The number of benzene rings is 2. The van der Waals surface area contributed by atoms with Gasteiger partial charge in [-0.05, 0) is 49.6 Å². The van der Waals surface area contributed by atoms with E-state index in [2.05, 4.69) is 33.2 Å². The number of hydrogen-bond donors (Lipinski definition) is 0. The third-order valence-electron chi connectivity index (χ3n) is 7.56. The number of aromatic nitrogens is 2. The van der Waals surface area contributed by atoms with Crippen molar-refractivity contribution in [2.24, 2.45) is 16.5 Å². The highest BCUT2D eigenvalue weighted by Gasteiger charge is 2.56. The fourth-order valence-corrected chi connectivity index (χ4v) is 5.62. The molecule has 3 aromatic rings. The quantitative estimate of drug-likeness (QED) is 0.545. The normalized spacial score (nSPS) is 24.5. The van der Waals surface area contributed by atoms with Crippen LogP contribution < -0.4 is 4.74 Å². The molecule has 0 aliphatic carbocycles. The smallest absolute Gasteiger partial charge is 0.234 e. The molecule has 4 heterocycles. The first kappa shape index (κ1) is 22.1. The molecule has 8 heteroatoms. The number of fused-ring (bicyclic) bond motifs is 1. The van der Waals surface area contributed by atoms with Gasteiger partial charge in [-0.15, -0.1) is 0 Å². The average molecular weight is 477 g/mol. The van der Waals surface area contributed by atoms with Crippen LogP contribution in [0.5, 0.6) is 5.75 Å². The molecule has 3 aliphatic rings. The molecule has 1 spiro atoms. The number of rotatable bonds is 5. The fraction of sp³-hybridized carbons (Fsp3) is 0.407. The second-order valence-electron chi connectivity index (χ2n) is 10.1. The molecule has 2 fully saturated rings. The Hall–Kier alpha value is -3.39. The number of aryl methyl sites for hydroxylation is 1. The van der Waals surface area contributed by atoms with Gasteiger partial charge in [-0.3, -0.25) is 0 Å². The molecule has 0 amide bonds. The van der Waals surface area contributed by atoms with Crippen molar-refractivity contribution in [1.82, 2.24) is 14.5 Å². The Morgan fingerprint density at radius 3 is 2.63 bits per heavy atom. The lowest BCUT2D eigenvalue weighted by atomic mass is 9.71. The molecule has 2 unspecified atom stereocenters. The van der Waals surface area contributed by atoms with Crippen LogP contribution >= 0.6 is 0 Å². The molecule has 1 aromatic heterocycles. The number of hydrogen-bond acceptors (Lipinski definition) is 6. The van der Waals surface area contributed by atoms with Crippen molar-refractivity contribution in [1.29, 1.82) is 0 Å². The summed E-state index contributed by atoms with van der Waals surface area (Å²) in [4.78, 5) is 12.7. The van der Waals surface area contributed by atoms with Gasteiger partial charge in [0.25, 0.3) is 0 Å². The van der Waals surface area contributed by atoms with Crippen LogP contribution in [0.4, 0.5) is 4.39 Å². The van der Waals surface area contributed by atoms with Crippen LogP contribution in [0.2, 0.25) is 0 Å². The van der Waals surface area contributed by atoms with Crippen molar-refractivity contribution in [2.45, 2.75) is 32.4 Å². The van der Waals surface area contributed by atoms with Crippen molar-refractivity contribution < 1.29 is 18.7 Å². The van der Waals surface area contributed by atoms with E-state index in [1.165, 1.54) is 17.7 Å². The third-order valence-corrected chi connectivity index (χ3v) is 7.56. The van der Waals surface area contributed by atoms with Crippen LogP contribution in [-0.2, 0) is 21.7 Å². The molecule has 0 saturated carbocycles. The van der Waals surface area contributed by atoms with Crippen molar-refractivity contribution in [3.05, 3.63) is 77.6 Å². The van der Waals surface area contributed by atoms with Gasteiger partial charge in [0.15, 0.2) is 5.84 Å². The van der Waals surface area contributed by atoms with Crippen LogP contribution in [0.3, 0.4) is 0 Å². The van der Waals surface area contributed by atoms with Gasteiger partial charge < -0.3 is 23.8 Å².